The van der Waals surface area contributed by atoms with Crippen molar-refractivity contribution < 1.29 is 14.6 Å². The second-order valence-electron chi connectivity index (χ2n) is 7.60. The number of carbonyl (C=O) groups is 1. The van der Waals surface area contributed by atoms with E-state index >= 15 is 0 Å². The molecule has 2 aromatic heterocycles. The first-order valence-corrected chi connectivity index (χ1v) is 10.00. The van der Waals surface area contributed by atoms with E-state index in [1.807, 2.05) is 24.3 Å². The first kappa shape index (κ1) is 21.6. The Labute approximate surface area is 179 Å². The Kier molecular flexibility index (Phi) is 6.31. The van der Waals surface area contributed by atoms with Crippen molar-refractivity contribution in [2.24, 2.45) is 5.92 Å². The van der Waals surface area contributed by atoms with Crippen molar-refractivity contribution in [2.45, 2.75) is 33.9 Å². The van der Waals surface area contributed by atoms with E-state index in [0.29, 0.717) is 40.9 Å². The van der Waals surface area contributed by atoms with Crippen LogP contribution in [0.15, 0.2) is 41.3 Å². The lowest BCUT2D eigenvalue weighted by atomic mass is 10.1. The van der Waals surface area contributed by atoms with Crippen molar-refractivity contribution in [1.29, 1.82) is 0 Å². The number of ether oxygens (including phenoxy) is 1. The van der Waals surface area contributed by atoms with Gasteiger partial charge in [0, 0.05) is 24.4 Å². The van der Waals surface area contributed by atoms with Gasteiger partial charge in [0.2, 0.25) is 0 Å². The molecule has 158 valence electrons. The van der Waals surface area contributed by atoms with Gasteiger partial charge in [-0.15, -0.1) is 0 Å². The number of halogens is 1. The predicted octanol–water partition coefficient (Wildman–Crippen LogP) is 4.41. The van der Waals surface area contributed by atoms with Crippen LogP contribution in [0.25, 0.3) is 22.6 Å². The SMILES string of the molecule is CC(C)C.COc1ccccc1-c1nn2c(c1Cl)-c1cc(=O)c(C(=O)O)cn1CC2. The van der Waals surface area contributed by atoms with Gasteiger partial charge in [0.1, 0.15) is 22.7 Å². The summed E-state index contributed by atoms with van der Waals surface area (Å²) < 4.78 is 8.85. The maximum atomic E-state index is 12.1. The Morgan fingerprint density at radius 3 is 2.53 bits per heavy atom. The van der Waals surface area contributed by atoms with E-state index in [2.05, 4.69) is 25.9 Å². The van der Waals surface area contributed by atoms with E-state index < -0.39 is 11.4 Å². The number of hydrogen-bond donors (Lipinski definition) is 1. The second kappa shape index (κ2) is 8.75. The smallest absolute Gasteiger partial charge is 0.341 e. The lowest BCUT2D eigenvalue weighted by Gasteiger charge is -2.21. The number of carboxylic acid groups (broad SMARTS) is 1. The highest BCUT2D eigenvalue weighted by Crippen LogP contribution is 2.40. The van der Waals surface area contributed by atoms with Crippen LogP contribution in [-0.2, 0) is 13.1 Å². The normalized spacial score (nSPS) is 11.9. The third kappa shape index (κ3) is 4.11. The Morgan fingerprint density at radius 2 is 1.90 bits per heavy atom. The molecule has 3 heterocycles. The summed E-state index contributed by atoms with van der Waals surface area (Å²) in [5, 5.41) is 14.1. The number of aromatic carboxylic acids is 1. The molecular weight excluding hydrogens is 406 g/mol. The standard InChI is InChI=1S/C18H14ClN3O4.C4H10/c1-26-14-5-3-2-4-10(14)16-15(19)17-12-8-13(23)11(18(24)25)9-21(12)6-7-22(17)20-16;1-4(2)3/h2-5,8-9H,6-7H2,1H3,(H,24,25);4H,1-3H3. The van der Waals surface area contributed by atoms with Crippen molar-refractivity contribution in [1.82, 2.24) is 14.3 Å². The lowest BCUT2D eigenvalue weighted by Crippen LogP contribution is -2.24. The molecule has 0 spiro atoms. The maximum Gasteiger partial charge on any atom is 0.341 e. The van der Waals surface area contributed by atoms with E-state index in [9.17, 15) is 9.59 Å². The zero-order valence-corrected chi connectivity index (χ0v) is 18.1. The fraction of sp³-hybridized carbons (Fsp3) is 0.318. The maximum absolute atomic E-state index is 12.1. The number of para-hydroxylation sites is 1. The van der Waals surface area contributed by atoms with Gasteiger partial charge in [-0.2, -0.15) is 5.10 Å². The molecule has 30 heavy (non-hydrogen) atoms. The number of fused-ring (bicyclic) bond motifs is 3. The molecule has 0 bridgehead atoms. The molecule has 0 unspecified atom stereocenters. The van der Waals surface area contributed by atoms with Gasteiger partial charge in [-0.05, 0) is 18.1 Å². The summed E-state index contributed by atoms with van der Waals surface area (Å²) in [6, 6.07) is 8.70. The Balaban J connectivity index is 0.000000589. The highest BCUT2D eigenvalue weighted by Gasteiger charge is 2.27. The quantitative estimate of drug-likeness (QED) is 0.666. The molecule has 3 aromatic rings. The van der Waals surface area contributed by atoms with Crippen LogP contribution in [0.4, 0.5) is 0 Å². The highest BCUT2D eigenvalue weighted by molar-refractivity contribution is 6.35. The Morgan fingerprint density at radius 1 is 1.23 bits per heavy atom. The molecule has 0 radical (unpaired) electrons. The first-order valence-electron chi connectivity index (χ1n) is 9.62. The van der Waals surface area contributed by atoms with Crippen LogP contribution in [0.1, 0.15) is 31.1 Å². The van der Waals surface area contributed by atoms with Gasteiger partial charge < -0.3 is 14.4 Å². The predicted molar refractivity (Wildman–Crippen MR) is 116 cm³/mol. The number of nitrogens with zero attached hydrogens (tertiary/aromatic N) is 3. The summed E-state index contributed by atoms with van der Waals surface area (Å²) in [6.45, 7) is 7.51. The van der Waals surface area contributed by atoms with Crippen LogP contribution in [0.2, 0.25) is 5.02 Å². The van der Waals surface area contributed by atoms with Crippen molar-refractivity contribution >= 4 is 17.6 Å². The molecule has 0 saturated carbocycles. The third-order valence-corrected chi connectivity index (χ3v) is 4.77. The van der Waals surface area contributed by atoms with Gasteiger partial charge in [-0.1, -0.05) is 44.5 Å². The van der Waals surface area contributed by atoms with Gasteiger partial charge in [-0.25, -0.2) is 4.79 Å². The monoisotopic (exact) mass is 429 g/mol. The fourth-order valence-electron chi connectivity index (χ4n) is 3.19. The molecule has 1 N–H and O–H groups in total. The second-order valence-corrected chi connectivity index (χ2v) is 7.98. The molecule has 1 aliphatic rings. The number of carboxylic acids is 1. The summed E-state index contributed by atoms with van der Waals surface area (Å²) >= 11 is 6.62. The van der Waals surface area contributed by atoms with Crippen molar-refractivity contribution in [3.05, 3.63) is 57.3 Å². The van der Waals surface area contributed by atoms with E-state index in [4.69, 9.17) is 21.4 Å². The van der Waals surface area contributed by atoms with Crippen LogP contribution in [-0.4, -0.2) is 32.5 Å². The van der Waals surface area contributed by atoms with Crippen LogP contribution < -0.4 is 10.2 Å². The minimum absolute atomic E-state index is 0.261. The van der Waals surface area contributed by atoms with Crippen LogP contribution in [0, 0.1) is 5.92 Å². The molecule has 0 amide bonds. The van der Waals surface area contributed by atoms with Crippen molar-refractivity contribution in [3.63, 3.8) is 0 Å². The number of benzene rings is 1. The summed E-state index contributed by atoms with van der Waals surface area (Å²) in [6.07, 6.45) is 1.36. The van der Waals surface area contributed by atoms with E-state index in [1.54, 1.807) is 16.4 Å². The molecule has 0 fully saturated rings. The van der Waals surface area contributed by atoms with Crippen LogP contribution >= 0.6 is 11.6 Å². The number of hydrogen-bond acceptors (Lipinski definition) is 4. The summed E-state index contributed by atoms with van der Waals surface area (Å²) in [5.74, 6) is 0.230. The fourth-order valence-corrected chi connectivity index (χ4v) is 3.52. The van der Waals surface area contributed by atoms with Gasteiger partial charge in [0.15, 0.2) is 5.43 Å². The molecule has 1 aromatic carbocycles. The third-order valence-electron chi connectivity index (χ3n) is 4.41. The minimum atomic E-state index is -1.25. The number of rotatable bonds is 3. The number of pyridine rings is 1. The van der Waals surface area contributed by atoms with Gasteiger partial charge >= 0.3 is 5.97 Å². The number of aromatic nitrogens is 3. The minimum Gasteiger partial charge on any atom is -0.496 e. The number of methoxy groups -OCH3 is 1. The Bertz CT molecular complexity index is 1150. The molecule has 4 rings (SSSR count). The number of aryl methyl sites for hydroxylation is 2. The average Bonchev–Trinajstić information content (AvgIpc) is 3.03. The van der Waals surface area contributed by atoms with E-state index in [-0.39, 0.29) is 5.56 Å². The van der Waals surface area contributed by atoms with Crippen molar-refractivity contribution in [3.8, 4) is 28.4 Å². The molecule has 0 saturated heterocycles. The highest BCUT2D eigenvalue weighted by atomic mass is 35.5. The summed E-state index contributed by atoms with van der Waals surface area (Å²) in [5.41, 5.74) is 1.62. The average molecular weight is 430 g/mol. The molecule has 7 nitrogen and oxygen atoms in total. The molecule has 0 aliphatic carbocycles. The molecule has 0 atom stereocenters. The van der Waals surface area contributed by atoms with Crippen molar-refractivity contribution in [2.75, 3.05) is 7.11 Å². The van der Waals surface area contributed by atoms with Gasteiger partial charge in [0.05, 0.1) is 24.4 Å². The zero-order valence-electron chi connectivity index (χ0n) is 17.3. The summed E-state index contributed by atoms with van der Waals surface area (Å²) in [4.78, 5) is 23.4. The van der Waals surface area contributed by atoms with E-state index in [1.165, 1.54) is 12.3 Å². The molecule has 1 aliphatic heterocycles. The van der Waals surface area contributed by atoms with E-state index in [0.717, 1.165) is 11.5 Å². The lowest BCUT2D eigenvalue weighted by molar-refractivity contribution is 0.0694. The first-order chi connectivity index (χ1) is 14.2. The summed E-state index contributed by atoms with van der Waals surface area (Å²) in [7, 11) is 1.57. The van der Waals surface area contributed by atoms with Crippen LogP contribution in [0.3, 0.4) is 0 Å². The van der Waals surface area contributed by atoms with Crippen LogP contribution in [0.5, 0.6) is 5.75 Å². The zero-order chi connectivity index (χ0) is 22.0. The largest absolute Gasteiger partial charge is 0.496 e. The topological polar surface area (TPSA) is 86.3 Å². The Hall–Kier alpha value is -3.06. The van der Waals surface area contributed by atoms with Gasteiger partial charge in [0.25, 0.3) is 0 Å². The molecule has 8 heteroatoms. The molecular formula is C22H24ClN3O4. The van der Waals surface area contributed by atoms with Gasteiger partial charge in [-0.3, -0.25) is 9.48 Å².